The molecule has 0 aliphatic carbocycles. The molecule has 0 unspecified atom stereocenters. The number of carboxylic acid groups (broad SMARTS) is 1. The molecule has 0 radical (unpaired) electrons. The Labute approximate surface area is 211 Å². The van der Waals surface area contributed by atoms with Crippen LogP contribution in [0, 0.1) is 0 Å². The molecule has 4 rings (SSSR count). The average molecular weight is 512 g/mol. The van der Waals surface area contributed by atoms with Crippen LogP contribution >= 0.6 is 23.1 Å². The minimum atomic E-state index is -1.11. The number of amides is 2. The number of rotatable bonds is 8. The Bertz CT molecular complexity index is 1270. The van der Waals surface area contributed by atoms with Crippen molar-refractivity contribution >= 4 is 45.9 Å². The summed E-state index contributed by atoms with van der Waals surface area (Å²) in [5, 5.41) is 13.6. The highest BCUT2D eigenvalue weighted by molar-refractivity contribution is 7.99. The molecule has 2 N–H and O–H groups in total. The molecule has 1 aromatic carbocycles. The number of thioether (sulfide) groups is 1. The van der Waals surface area contributed by atoms with E-state index >= 15 is 0 Å². The topological polar surface area (TPSA) is 109 Å². The number of aromatic carboxylic acids is 1. The van der Waals surface area contributed by atoms with Crippen LogP contribution in [0.2, 0.25) is 0 Å². The number of nitrogens with one attached hydrogen (secondary N) is 1. The van der Waals surface area contributed by atoms with Gasteiger partial charge >= 0.3 is 5.97 Å². The zero-order chi connectivity index (χ0) is 24.9. The maximum atomic E-state index is 13.3. The molecule has 35 heavy (non-hydrogen) atoms. The van der Waals surface area contributed by atoms with Crippen molar-refractivity contribution in [1.82, 2.24) is 9.88 Å². The van der Waals surface area contributed by atoms with E-state index in [-0.39, 0.29) is 23.0 Å². The first-order chi connectivity index (χ1) is 16.9. The average Bonchev–Trinajstić information content (AvgIpc) is 3.24. The van der Waals surface area contributed by atoms with Crippen LogP contribution in [-0.4, -0.2) is 52.2 Å². The first kappa shape index (κ1) is 24.7. The van der Waals surface area contributed by atoms with Crippen molar-refractivity contribution in [3.05, 3.63) is 69.7 Å². The number of benzene rings is 1. The molecule has 0 saturated carbocycles. The van der Waals surface area contributed by atoms with E-state index in [1.165, 1.54) is 18.4 Å². The lowest BCUT2D eigenvalue weighted by Crippen LogP contribution is -2.36. The number of ether oxygens (including phenoxy) is 1. The summed E-state index contributed by atoms with van der Waals surface area (Å²) in [7, 11) is 1.47. The Morgan fingerprint density at radius 3 is 2.71 bits per heavy atom. The van der Waals surface area contributed by atoms with Gasteiger partial charge < -0.3 is 20.1 Å². The third-order valence-corrected chi connectivity index (χ3v) is 7.92. The molecular weight excluding hydrogens is 486 g/mol. The van der Waals surface area contributed by atoms with Gasteiger partial charge in [-0.2, -0.15) is 0 Å². The van der Waals surface area contributed by atoms with Gasteiger partial charge in [-0.25, -0.2) is 9.78 Å². The van der Waals surface area contributed by atoms with Gasteiger partial charge in [-0.3, -0.25) is 9.59 Å². The molecule has 1 aliphatic rings. The van der Waals surface area contributed by atoms with Crippen LogP contribution in [0.4, 0.5) is 5.00 Å². The van der Waals surface area contributed by atoms with Crippen LogP contribution in [0.5, 0.6) is 5.75 Å². The second-order valence-electron chi connectivity index (χ2n) is 7.85. The zero-order valence-electron chi connectivity index (χ0n) is 19.4. The number of carbonyl (C=O) groups is 3. The summed E-state index contributed by atoms with van der Waals surface area (Å²) in [5.74, 6) is -0.434. The van der Waals surface area contributed by atoms with E-state index in [2.05, 4.69) is 17.2 Å². The normalized spacial score (nSPS) is 12.7. The summed E-state index contributed by atoms with van der Waals surface area (Å²) in [6.07, 6.45) is 3.04. The molecule has 3 heterocycles. The highest BCUT2D eigenvalue weighted by atomic mass is 32.2. The monoisotopic (exact) mass is 511 g/mol. The summed E-state index contributed by atoms with van der Waals surface area (Å²) in [6.45, 7) is 2.73. The molecule has 0 saturated heterocycles. The van der Waals surface area contributed by atoms with Crippen LogP contribution in [0.1, 0.15) is 54.9 Å². The van der Waals surface area contributed by atoms with Crippen molar-refractivity contribution in [3.63, 3.8) is 0 Å². The lowest BCUT2D eigenvalue weighted by atomic mass is 10.0. The third-order valence-electron chi connectivity index (χ3n) is 5.58. The van der Waals surface area contributed by atoms with E-state index in [1.54, 1.807) is 59.3 Å². The van der Waals surface area contributed by atoms with Crippen molar-refractivity contribution in [2.75, 3.05) is 24.7 Å². The standard InChI is InChI=1S/C25H25N3O5S2/c1-3-13-34-22-17(8-6-11-26-22)24(30)28-12-10-16-19(14-28)35-23(20(16)25(31)32)27-21(29)15-7-4-5-9-18(15)33-2/h4-9,11H,3,10,12-14H2,1-2H3,(H,27,29)(H,31,32). The highest BCUT2D eigenvalue weighted by Crippen LogP contribution is 2.38. The van der Waals surface area contributed by atoms with Gasteiger partial charge in [-0.05, 0) is 48.4 Å². The smallest absolute Gasteiger partial charge is 0.339 e. The summed E-state index contributed by atoms with van der Waals surface area (Å²) in [5.41, 5.74) is 1.60. The summed E-state index contributed by atoms with van der Waals surface area (Å²) < 4.78 is 5.25. The van der Waals surface area contributed by atoms with E-state index < -0.39 is 11.9 Å². The number of pyridine rings is 1. The minimum absolute atomic E-state index is 0.0842. The molecule has 10 heteroatoms. The van der Waals surface area contributed by atoms with Crippen LogP contribution in [0.15, 0.2) is 47.6 Å². The molecule has 2 aromatic heterocycles. The van der Waals surface area contributed by atoms with E-state index in [9.17, 15) is 19.5 Å². The predicted molar refractivity (Wildman–Crippen MR) is 136 cm³/mol. The van der Waals surface area contributed by atoms with Crippen molar-refractivity contribution in [3.8, 4) is 5.75 Å². The number of anilines is 1. The molecule has 0 atom stereocenters. The lowest BCUT2D eigenvalue weighted by molar-refractivity contribution is 0.0696. The van der Waals surface area contributed by atoms with E-state index in [0.29, 0.717) is 40.4 Å². The maximum Gasteiger partial charge on any atom is 0.339 e. The first-order valence-corrected chi connectivity index (χ1v) is 12.9. The number of fused-ring (bicyclic) bond motifs is 1. The van der Waals surface area contributed by atoms with Crippen molar-refractivity contribution < 1.29 is 24.2 Å². The number of carboxylic acids is 1. The van der Waals surface area contributed by atoms with Gasteiger partial charge in [-0.15, -0.1) is 23.1 Å². The lowest BCUT2D eigenvalue weighted by Gasteiger charge is -2.27. The Hall–Kier alpha value is -3.37. The highest BCUT2D eigenvalue weighted by Gasteiger charge is 2.31. The molecule has 8 nitrogen and oxygen atoms in total. The van der Waals surface area contributed by atoms with E-state index in [0.717, 1.165) is 17.1 Å². The Balaban J connectivity index is 1.59. The van der Waals surface area contributed by atoms with E-state index in [1.807, 2.05) is 0 Å². The van der Waals surface area contributed by atoms with Gasteiger partial charge in [-0.1, -0.05) is 19.1 Å². The fraction of sp³-hybridized carbons (Fsp3) is 0.280. The molecule has 1 aliphatic heterocycles. The quantitative estimate of drug-likeness (QED) is 0.418. The van der Waals surface area contributed by atoms with Crippen LogP contribution < -0.4 is 10.1 Å². The SMILES string of the molecule is CCCSc1ncccc1C(=O)N1CCc2c(sc(NC(=O)c3ccccc3OC)c2C(=O)O)C1. The van der Waals surface area contributed by atoms with Gasteiger partial charge in [0.15, 0.2) is 0 Å². The number of nitrogens with zero attached hydrogens (tertiary/aromatic N) is 2. The molecule has 0 spiro atoms. The number of hydrogen-bond acceptors (Lipinski definition) is 7. The molecular formula is C25H25N3O5S2. The first-order valence-electron chi connectivity index (χ1n) is 11.1. The molecule has 2 amide bonds. The Morgan fingerprint density at radius 2 is 1.97 bits per heavy atom. The second kappa shape index (κ2) is 10.9. The predicted octanol–water partition coefficient (Wildman–Crippen LogP) is 4.80. The van der Waals surface area contributed by atoms with Gasteiger partial charge in [0.25, 0.3) is 11.8 Å². The van der Waals surface area contributed by atoms with Gasteiger partial charge in [0.1, 0.15) is 15.8 Å². The van der Waals surface area contributed by atoms with Crippen molar-refractivity contribution in [2.24, 2.45) is 0 Å². The number of thiophene rings is 1. The summed E-state index contributed by atoms with van der Waals surface area (Å²) in [4.78, 5) is 45.2. The summed E-state index contributed by atoms with van der Waals surface area (Å²) in [6, 6.07) is 10.3. The number of para-hydroxylation sites is 1. The van der Waals surface area contributed by atoms with Crippen LogP contribution in [-0.2, 0) is 13.0 Å². The largest absolute Gasteiger partial charge is 0.496 e. The Morgan fingerprint density at radius 1 is 1.20 bits per heavy atom. The Kier molecular flexibility index (Phi) is 7.72. The second-order valence-corrected chi connectivity index (χ2v) is 10.0. The summed E-state index contributed by atoms with van der Waals surface area (Å²) >= 11 is 2.74. The van der Waals surface area contributed by atoms with Crippen LogP contribution in [0.3, 0.4) is 0 Å². The van der Waals surface area contributed by atoms with Gasteiger partial charge in [0.05, 0.1) is 30.3 Å². The van der Waals surface area contributed by atoms with Gasteiger partial charge in [0, 0.05) is 17.6 Å². The van der Waals surface area contributed by atoms with E-state index in [4.69, 9.17) is 4.74 Å². The molecule has 182 valence electrons. The number of methoxy groups -OCH3 is 1. The van der Waals surface area contributed by atoms with Gasteiger partial charge in [0.2, 0.25) is 0 Å². The van der Waals surface area contributed by atoms with Crippen molar-refractivity contribution in [2.45, 2.75) is 31.3 Å². The van der Waals surface area contributed by atoms with Crippen LogP contribution in [0.25, 0.3) is 0 Å². The van der Waals surface area contributed by atoms with Crippen molar-refractivity contribution in [1.29, 1.82) is 0 Å². The third kappa shape index (κ3) is 5.18. The molecule has 3 aromatic rings. The fourth-order valence-corrected chi connectivity index (χ4v) is 6.03. The number of carbonyl (C=O) groups excluding carboxylic acids is 2. The molecule has 0 fully saturated rings. The zero-order valence-corrected chi connectivity index (χ0v) is 21.0. The fourth-order valence-electron chi connectivity index (χ4n) is 3.93. The number of aromatic nitrogens is 1. The number of hydrogen-bond donors (Lipinski definition) is 2. The minimum Gasteiger partial charge on any atom is -0.496 e. The maximum absolute atomic E-state index is 13.3. The molecule has 0 bridgehead atoms.